The lowest BCUT2D eigenvalue weighted by Gasteiger charge is -2.24. The Bertz CT molecular complexity index is 512. The van der Waals surface area contributed by atoms with Crippen LogP contribution in [0.25, 0.3) is 0 Å². The first-order valence-electron chi connectivity index (χ1n) is 6.78. The zero-order valence-corrected chi connectivity index (χ0v) is 12.1. The second-order valence-electron chi connectivity index (χ2n) is 5.94. The molecule has 19 heavy (non-hydrogen) atoms. The van der Waals surface area contributed by atoms with Crippen molar-refractivity contribution < 1.29 is 9.53 Å². The topological polar surface area (TPSA) is 38.7 Å². The Balaban J connectivity index is 2.15. The van der Waals surface area contributed by atoms with E-state index in [9.17, 15) is 4.79 Å². The van der Waals surface area contributed by atoms with E-state index in [1.807, 2.05) is 26.8 Å². The summed E-state index contributed by atoms with van der Waals surface area (Å²) in [6, 6.07) is 6.25. The van der Waals surface area contributed by atoms with Gasteiger partial charge in [0.05, 0.1) is 11.6 Å². The Morgan fingerprint density at radius 2 is 2.16 bits per heavy atom. The normalized spacial score (nSPS) is 18.0. The Labute approximate surface area is 114 Å². The second kappa shape index (κ2) is 5.16. The van der Waals surface area contributed by atoms with Crippen LogP contribution < -0.4 is 0 Å². The third kappa shape index (κ3) is 3.43. The minimum atomic E-state index is -0.448. The summed E-state index contributed by atoms with van der Waals surface area (Å²) < 4.78 is 5.42. The fourth-order valence-electron chi connectivity index (χ4n) is 2.13. The van der Waals surface area contributed by atoms with Gasteiger partial charge in [-0.2, -0.15) is 0 Å². The van der Waals surface area contributed by atoms with Crippen LogP contribution in [0.2, 0.25) is 0 Å². The predicted octanol–water partition coefficient (Wildman–Crippen LogP) is 3.47. The molecule has 1 aromatic carbocycles. The number of aliphatic imine (C=N–C) groups is 1. The number of ether oxygens (including phenoxy) is 1. The van der Waals surface area contributed by atoms with Gasteiger partial charge in [-0.25, -0.2) is 0 Å². The second-order valence-corrected chi connectivity index (χ2v) is 5.94. The van der Waals surface area contributed by atoms with Crippen molar-refractivity contribution in [3.8, 4) is 0 Å². The van der Waals surface area contributed by atoms with E-state index in [1.165, 1.54) is 5.56 Å². The molecule has 0 saturated carbocycles. The molecule has 3 heteroatoms. The van der Waals surface area contributed by atoms with Gasteiger partial charge in [0.15, 0.2) is 0 Å². The summed E-state index contributed by atoms with van der Waals surface area (Å²) in [5.74, 6) is -0.456. The van der Waals surface area contributed by atoms with Crippen molar-refractivity contribution in [1.29, 1.82) is 0 Å². The van der Waals surface area contributed by atoms with Crippen molar-refractivity contribution in [3.05, 3.63) is 29.3 Å². The number of carbonyl (C=O) groups excluding carboxylic acids is 1. The van der Waals surface area contributed by atoms with E-state index in [0.717, 1.165) is 17.7 Å². The van der Waals surface area contributed by atoms with Crippen molar-refractivity contribution in [2.24, 2.45) is 10.9 Å². The van der Waals surface area contributed by atoms with E-state index in [-0.39, 0.29) is 11.9 Å². The first-order chi connectivity index (χ1) is 8.89. The van der Waals surface area contributed by atoms with Crippen LogP contribution in [0.15, 0.2) is 23.2 Å². The number of nitrogens with zero attached hydrogens (tertiary/aromatic N) is 1. The molecule has 1 heterocycles. The number of benzene rings is 1. The SMILES string of the molecule is CCc1ccc2c(c1)CC(C(=O)OC(C)(C)C)C=N2. The van der Waals surface area contributed by atoms with E-state index in [0.29, 0.717) is 6.42 Å². The molecule has 1 aliphatic rings. The summed E-state index contributed by atoms with van der Waals surface area (Å²) in [5, 5.41) is 0. The van der Waals surface area contributed by atoms with Crippen LogP contribution in [0.1, 0.15) is 38.8 Å². The zero-order valence-electron chi connectivity index (χ0n) is 12.1. The van der Waals surface area contributed by atoms with Crippen molar-refractivity contribution in [2.45, 2.75) is 46.1 Å². The molecule has 3 nitrogen and oxygen atoms in total. The molecule has 0 bridgehead atoms. The maximum atomic E-state index is 12.1. The Hall–Kier alpha value is -1.64. The minimum Gasteiger partial charge on any atom is -0.459 e. The number of rotatable bonds is 2. The predicted molar refractivity (Wildman–Crippen MR) is 77.0 cm³/mol. The summed E-state index contributed by atoms with van der Waals surface area (Å²) in [6.45, 7) is 7.77. The number of hydrogen-bond acceptors (Lipinski definition) is 3. The van der Waals surface area contributed by atoms with Crippen molar-refractivity contribution in [1.82, 2.24) is 0 Å². The lowest BCUT2D eigenvalue weighted by Crippen LogP contribution is -2.31. The average Bonchev–Trinajstić information content (AvgIpc) is 2.35. The molecule has 0 aromatic heterocycles. The maximum absolute atomic E-state index is 12.1. The summed E-state index contributed by atoms with van der Waals surface area (Å²) in [7, 11) is 0. The van der Waals surface area contributed by atoms with Gasteiger partial charge < -0.3 is 4.74 Å². The summed E-state index contributed by atoms with van der Waals surface area (Å²) >= 11 is 0. The fraction of sp³-hybridized carbons (Fsp3) is 0.500. The molecule has 0 radical (unpaired) electrons. The van der Waals surface area contributed by atoms with Crippen LogP contribution in [0, 0.1) is 5.92 Å². The van der Waals surface area contributed by atoms with Crippen molar-refractivity contribution in [2.75, 3.05) is 0 Å². The number of hydrogen-bond donors (Lipinski definition) is 0. The summed E-state index contributed by atoms with van der Waals surface area (Å²) in [4.78, 5) is 16.4. The standard InChI is InChI=1S/C16H21NO2/c1-5-11-6-7-14-12(8-11)9-13(10-17-14)15(18)19-16(2,3)4/h6-8,10,13H,5,9H2,1-4H3. The highest BCUT2D eigenvalue weighted by Gasteiger charge is 2.26. The van der Waals surface area contributed by atoms with Crippen LogP contribution >= 0.6 is 0 Å². The van der Waals surface area contributed by atoms with E-state index in [1.54, 1.807) is 6.21 Å². The highest BCUT2D eigenvalue weighted by Crippen LogP contribution is 2.28. The van der Waals surface area contributed by atoms with Crippen molar-refractivity contribution in [3.63, 3.8) is 0 Å². The van der Waals surface area contributed by atoms with Crippen LogP contribution in [-0.2, 0) is 22.4 Å². The molecule has 102 valence electrons. The molecular formula is C16H21NO2. The fourth-order valence-corrected chi connectivity index (χ4v) is 2.13. The lowest BCUT2D eigenvalue weighted by atomic mass is 9.94. The van der Waals surface area contributed by atoms with Gasteiger partial charge >= 0.3 is 5.97 Å². The Morgan fingerprint density at radius 3 is 2.79 bits per heavy atom. The zero-order chi connectivity index (χ0) is 14.0. The third-order valence-corrected chi connectivity index (χ3v) is 3.10. The van der Waals surface area contributed by atoms with Crippen LogP contribution in [-0.4, -0.2) is 17.8 Å². The molecule has 1 aromatic rings. The van der Waals surface area contributed by atoms with Crippen molar-refractivity contribution >= 4 is 17.9 Å². The van der Waals surface area contributed by atoms with Gasteiger partial charge in [-0.05, 0) is 50.8 Å². The molecule has 0 amide bonds. The molecule has 0 N–H and O–H groups in total. The molecule has 0 saturated heterocycles. The largest absolute Gasteiger partial charge is 0.459 e. The molecule has 0 aliphatic carbocycles. The van der Waals surface area contributed by atoms with E-state index in [4.69, 9.17) is 4.74 Å². The Kier molecular flexibility index (Phi) is 3.74. The van der Waals surface area contributed by atoms with Gasteiger partial charge in [0.25, 0.3) is 0 Å². The molecule has 1 aliphatic heterocycles. The molecule has 0 spiro atoms. The smallest absolute Gasteiger partial charge is 0.315 e. The highest BCUT2D eigenvalue weighted by atomic mass is 16.6. The van der Waals surface area contributed by atoms with Gasteiger partial charge in [-0.1, -0.05) is 19.1 Å². The highest BCUT2D eigenvalue weighted by molar-refractivity contribution is 5.93. The first-order valence-corrected chi connectivity index (χ1v) is 6.78. The van der Waals surface area contributed by atoms with Gasteiger partial charge in [0, 0.05) is 6.21 Å². The lowest BCUT2D eigenvalue weighted by molar-refractivity contribution is -0.157. The van der Waals surface area contributed by atoms with E-state index >= 15 is 0 Å². The van der Waals surface area contributed by atoms with Crippen LogP contribution in [0.4, 0.5) is 5.69 Å². The number of esters is 1. The van der Waals surface area contributed by atoms with E-state index < -0.39 is 5.60 Å². The monoisotopic (exact) mass is 259 g/mol. The summed E-state index contributed by atoms with van der Waals surface area (Å²) in [6.07, 6.45) is 3.39. The maximum Gasteiger partial charge on any atom is 0.315 e. The van der Waals surface area contributed by atoms with Gasteiger partial charge in [-0.15, -0.1) is 0 Å². The average molecular weight is 259 g/mol. The van der Waals surface area contributed by atoms with E-state index in [2.05, 4.69) is 24.0 Å². The van der Waals surface area contributed by atoms with Gasteiger partial charge in [0.2, 0.25) is 0 Å². The Morgan fingerprint density at radius 1 is 1.42 bits per heavy atom. The molecule has 0 fully saturated rings. The van der Waals surface area contributed by atoms with Gasteiger partial charge in [0.1, 0.15) is 5.60 Å². The molecule has 2 rings (SSSR count). The molecular weight excluding hydrogens is 238 g/mol. The third-order valence-electron chi connectivity index (χ3n) is 3.10. The number of fused-ring (bicyclic) bond motifs is 1. The minimum absolute atomic E-state index is 0.191. The number of aryl methyl sites for hydroxylation is 1. The number of carbonyl (C=O) groups is 1. The summed E-state index contributed by atoms with van der Waals surface area (Å²) in [5.41, 5.74) is 2.93. The molecule has 1 atom stereocenters. The quantitative estimate of drug-likeness (QED) is 0.763. The van der Waals surface area contributed by atoms with Crippen LogP contribution in [0.5, 0.6) is 0 Å². The van der Waals surface area contributed by atoms with Gasteiger partial charge in [-0.3, -0.25) is 9.79 Å². The van der Waals surface area contributed by atoms with Crippen LogP contribution in [0.3, 0.4) is 0 Å². The molecule has 1 unspecified atom stereocenters. The first kappa shape index (κ1) is 13.8.